The summed E-state index contributed by atoms with van der Waals surface area (Å²) >= 11 is 7.00. The van der Waals surface area contributed by atoms with Crippen molar-refractivity contribution in [3.8, 4) is 0 Å². The molecular weight excluding hydrogens is 740 g/mol. The van der Waals surface area contributed by atoms with Gasteiger partial charge >= 0.3 is 11.9 Å². The Morgan fingerprint density at radius 1 is 0.562 bits per heavy atom. The second kappa shape index (κ2) is 12.5. The van der Waals surface area contributed by atoms with Gasteiger partial charge in [0.15, 0.2) is 11.1 Å². The van der Waals surface area contributed by atoms with E-state index in [9.17, 15) is 9.59 Å². The van der Waals surface area contributed by atoms with Crippen molar-refractivity contribution in [3.05, 3.63) is 140 Å². The van der Waals surface area contributed by atoms with Gasteiger partial charge in [-0.2, -0.15) is 0 Å². The minimum absolute atomic E-state index is 0.228. The fraction of sp³-hybridized carbons (Fsp3) is 0.263. The van der Waals surface area contributed by atoms with E-state index in [2.05, 4.69) is 42.5 Å². The molecule has 2 N–H and O–H groups in total. The lowest BCUT2D eigenvalue weighted by molar-refractivity contribution is -0.162. The lowest BCUT2D eigenvalue weighted by Gasteiger charge is -2.43. The Morgan fingerprint density at radius 3 is 1.25 bits per heavy atom. The quantitative estimate of drug-likeness (QED) is 0.232. The molecule has 2 aliphatic heterocycles. The molecule has 3 fully saturated rings. The molecule has 0 spiro atoms. The Balaban J connectivity index is 1.52. The Hall–Kier alpha value is -3.96. The molecule has 2 saturated heterocycles. The van der Waals surface area contributed by atoms with Crippen LogP contribution in [0.5, 0.6) is 0 Å². The van der Waals surface area contributed by atoms with Crippen molar-refractivity contribution < 1.29 is 28.7 Å². The van der Waals surface area contributed by atoms with E-state index in [0.717, 1.165) is 20.1 Å². The molecule has 4 aromatic rings. The van der Waals surface area contributed by atoms with Crippen molar-refractivity contribution in [2.24, 2.45) is 23.7 Å². The molecule has 2 heterocycles. The van der Waals surface area contributed by atoms with Gasteiger partial charge in [-0.1, -0.05) is 117 Å². The van der Waals surface area contributed by atoms with Gasteiger partial charge < -0.3 is 9.47 Å². The van der Waals surface area contributed by atoms with Crippen molar-refractivity contribution in [1.82, 2.24) is 10.6 Å². The number of rotatable bonds is 6. The van der Waals surface area contributed by atoms with Gasteiger partial charge in [-0.05, 0) is 46.5 Å². The summed E-state index contributed by atoms with van der Waals surface area (Å²) in [6, 6.07) is 31.3. The highest BCUT2D eigenvalue weighted by molar-refractivity contribution is 9.10. The Morgan fingerprint density at radius 2 is 0.917 bits per heavy atom. The third kappa shape index (κ3) is 4.75. The van der Waals surface area contributed by atoms with Crippen LogP contribution >= 0.6 is 31.9 Å². The second-order valence-electron chi connectivity index (χ2n) is 12.5. The highest BCUT2D eigenvalue weighted by atomic mass is 79.9. The molecule has 4 aromatic carbocycles. The van der Waals surface area contributed by atoms with Gasteiger partial charge in [0, 0.05) is 21.0 Å². The van der Waals surface area contributed by atoms with Crippen LogP contribution in [0.2, 0.25) is 0 Å². The van der Waals surface area contributed by atoms with Gasteiger partial charge in [0.2, 0.25) is 0 Å². The van der Waals surface area contributed by atoms with Crippen molar-refractivity contribution >= 4 is 55.4 Å². The standard InChI is InChI=1S/C38H32Br2N2O6/c1-47-35(45)37(23-9-5-3-6-10-23)29-27(31(41-37)21-13-17-25(39)18-14-21)33(43)28-30(34(29)44)38(36(46)48-2,24-11-7-4-8-12-24)42-32(28)22-15-19-26(40)20-16-22/h3-20,27-32,41-42H,1-2H3/t27-,28-,29-,30-,31-,32-,37-,38-/m0/s1. The van der Waals surface area contributed by atoms with Crippen LogP contribution in [0.4, 0.5) is 0 Å². The number of benzene rings is 4. The molecule has 0 bridgehead atoms. The summed E-state index contributed by atoms with van der Waals surface area (Å²) in [5.41, 5.74) is -1.00. The summed E-state index contributed by atoms with van der Waals surface area (Å²) in [4.78, 5) is 59.6. The van der Waals surface area contributed by atoms with Crippen molar-refractivity contribution in [3.63, 3.8) is 0 Å². The van der Waals surface area contributed by atoms with Crippen molar-refractivity contribution in [2.45, 2.75) is 23.2 Å². The highest BCUT2D eigenvalue weighted by Gasteiger charge is 2.75. The molecular formula is C38H32Br2N2O6. The lowest BCUT2D eigenvalue weighted by atomic mass is 9.56. The zero-order chi connectivity index (χ0) is 33.8. The van der Waals surface area contributed by atoms with E-state index in [-0.39, 0.29) is 5.78 Å². The summed E-state index contributed by atoms with van der Waals surface area (Å²) in [5, 5.41) is 6.99. The second-order valence-corrected chi connectivity index (χ2v) is 14.3. The Bertz CT molecular complexity index is 1750. The number of hydrogen-bond acceptors (Lipinski definition) is 8. The molecule has 0 aromatic heterocycles. The minimum atomic E-state index is -1.73. The average Bonchev–Trinajstić information content (AvgIpc) is 3.69. The van der Waals surface area contributed by atoms with Gasteiger partial charge in [-0.15, -0.1) is 0 Å². The van der Waals surface area contributed by atoms with Crippen molar-refractivity contribution in [2.75, 3.05) is 14.2 Å². The van der Waals surface area contributed by atoms with E-state index in [1.807, 2.05) is 60.7 Å². The van der Waals surface area contributed by atoms with Gasteiger partial charge in [0.1, 0.15) is 11.6 Å². The first-order chi connectivity index (χ1) is 23.2. The number of hydrogen-bond donors (Lipinski definition) is 2. The number of nitrogens with one attached hydrogen (secondary N) is 2. The zero-order valence-corrected chi connectivity index (χ0v) is 29.2. The molecule has 8 atom stereocenters. The number of carbonyl (C=O) groups is 4. The summed E-state index contributed by atoms with van der Waals surface area (Å²) in [6.45, 7) is 0. The van der Waals surface area contributed by atoms with Crippen LogP contribution in [0.1, 0.15) is 34.3 Å². The van der Waals surface area contributed by atoms with Gasteiger partial charge in [-0.3, -0.25) is 20.2 Å². The van der Waals surface area contributed by atoms with Crippen LogP contribution in [0.25, 0.3) is 0 Å². The highest BCUT2D eigenvalue weighted by Crippen LogP contribution is 2.61. The fourth-order valence-corrected chi connectivity index (χ4v) is 8.93. The van der Waals surface area contributed by atoms with Crippen LogP contribution in [-0.4, -0.2) is 37.7 Å². The monoisotopic (exact) mass is 770 g/mol. The first-order valence-corrected chi connectivity index (χ1v) is 17.2. The molecule has 8 nitrogen and oxygen atoms in total. The normalized spacial score (nSPS) is 30.8. The molecule has 1 aliphatic carbocycles. The average molecular weight is 772 g/mol. The third-order valence-electron chi connectivity index (χ3n) is 10.3. The van der Waals surface area contributed by atoms with Crippen LogP contribution < -0.4 is 10.6 Å². The maximum absolute atomic E-state index is 15.7. The summed E-state index contributed by atoms with van der Waals surface area (Å²) in [5.74, 6) is -6.38. The molecule has 1 saturated carbocycles. The fourth-order valence-electron chi connectivity index (χ4n) is 8.41. The van der Waals surface area contributed by atoms with Crippen LogP contribution in [0.3, 0.4) is 0 Å². The van der Waals surface area contributed by atoms with Crippen LogP contribution in [-0.2, 0) is 39.7 Å². The zero-order valence-electron chi connectivity index (χ0n) is 26.1. The van der Waals surface area contributed by atoms with E-state index < -0.39 is 64.6 Å². The molecule has 7 rings (SSSR count). The van der Waals surface area contributed by atoms with Gasteiger partial charge in [0.25, 0.3) is 0 Å². The lowest BCUT2D eigenvalue weighted by Crippen LogP contribution is -2.61. The summed E-state index contributed by atoms with van der Waals surface area (Å²) in [7, 11) is 2.55. The number of esters is 2. The molecule has 3 aliphatic rings. The smallest absolute Gasteiger partial charge is 0.331 e. The van der Waals surface area contributed by atoms with E-state index in [0.29, 0.717) is 11.1 Å². The predicted molar refractivity (Wildman–Crippen MR) is 184 cm³/mol. The van der Waals surface area contributed by atoms with Gasteiger partial charge in [0.05, 0.1) is 37.9 Å². The van der Waals surface area contributed by atoms with Crippen LogP contribution in [0.15, 0.2) is 118 Å². The maximum Gasteiger partial charge on any atom is 0.331 e. The molecule has 0 radical (unpaired) electrons. The number of ether oxygens (including phenoxy) is 2. The SMILES string of the molecule is COC(=O)[C@@]1(c2ccccc2)N[C@@H](c2ccc(Br)cc2)[C@H]2C(=O)[C@H]3[C@@H](C(=O)[C@H]21)[C@](C(=O)OC)(c1ccccc1)N[C@H]3c1ccc(Br)cc1. The number of methoxy groups -OCH3 is 2. The van der Waals surface area contributed by atoms with Gasteiger partial charge in [-0.25, -0.2) is 9.59 Å². The summed E-state index contributed by atoms with van der Waals surface area (Å²) < 4.78 is 12.6. The van der Waals surface area contributed by atoms with E-state index in [4.69, 9.17) is 9.47 Å². The number of halogens is 2. The molecule has 0 unspecified atom stereocenters. The topological polar surface area (TPSA) is 111 Å². The maximum atomic E-state index is 15.7. The van der Waals surface area contributed by atoms with E-state index >= 15 is 9.59 Å². The molecule has 0 amide bonds. The number of fused-ring (bicyclic) bond motifs is 2. The summed E-state index contributed by atoms with van der Waals surface area (Å²) in [6.07, 6.45) is 0. The molecule has 244 valence electrons. The number of Topliss-reactive ketones (excluding diaryl/α,β-unsaturated/α-hetero) is 2. The third-order valence-corrected chi connectivity index (χ3v) is 11.4. The first kappa shape index (κ1) is 32.6. The number of carbonyl (C=O) groups excluding carboxylic acids is 4. The Labute approximate surface area is 294 Å². The molecule has 10 heteroatoms. The van der Waals surface area contributed by atoms with E-state index in [1.54, 1.807) is 48.5 Å². The first-order valence-electron chi connectivity index (χ1n) is 15.6. The van der Waals surface area contributed by atoms with Crippen molar-refractivity contribution in [1.29, 1.82) is 0 Å². The van der Waals surface area contributed by atoms with E-state index in [1.165, 1.54) is 14.2 Å². The predicted octanol–water partition coefficient (Wildman–Crippen LogP) is 5.95. The van der Waals surface area contributed by atoms with Crippen LogP contribution in [0, 0.1) is 23.7 Å². The molecule has 48 heavy (non-hydrogen) atoms. The number of ketones is 2. The largest absolute Gasteiger partial charge is 0.467 e. The minimum Gasteiger partial charge on any atom is -0.467 e. The Kier molecular flexibility index (Phi) is 8.48.